The van der Waals surface area contributed by atoms with Gasteiger partial charge in [-0.3, -0.25) is 4.79 Å². The second kappa shape index (κ2) is 6.18. The Kier molecular flexibility index (Phi) is 4.88. The Morgan fingerprint density at radius 1 is 1.53 bits per heavy atom. The van der Waals surface area contributed by atoms with Gasteiger partial charge in [-0.1, -0.05) is 32.6 Å². The van der Waals surface area contributed by atoms with Crippen LogP contribution in [-0.4, -0.2) is 12.5 Å². The highest BCUT2D eigenvalue weighted by molar-refractivity contribution is 5.78. The lowest BCUT2D eigenvalue weighted by atomic mass is 10.1. The molecule has 1 aromatic carbocycles. The minimum absolute atomic E-state index is 0.0414. The van der Waals surface area contributed by atoms with Gasteiger partial charge >= 0.3 is 0 Å². The summed E-state index contributed by atoms with van der Waals surface area (Å²) in [6.45, 7) is 8.26. The number of carbonyl (C=O) groups is 1. The van der Waals surface area contributed by atoms with E-state index in [4.69, 9.17) is 0 Å². The molecule has 0 unspecified atom stereocenters. The molecular weight excluding hydrogens is 217 g/mol. The molecule has 0 aliphatic rings. The zero-order valence-electron chi connectivity index (χ0n) is 10.3. The third-order valence-corrected chi connectivity index (χ3v) is 2.35. The predicted molar refractivity (Wildman–Crippen MR) is 68.0 cm³/mol. The zero-order chi connectivity index (χ0) is 12.8. The molecule has 0 saturated carbocycles. The third-order valence-electron chi connectivity index (χ3n) is 2.35. The van der Waals surface area contributed by atoms with Crippen molar-refractivity contribution in [3.63, 3.8) is 0 Å². The molecule has 92 valence electrons. The van der Waals surface area contributed by atoms with E-state index in [1.165, 1.54) is 12.1 Å². The molecule has 0 fully saturated rings. The number of rotatable bonds is 5. The third kappa shape index (κ3) is 4.39. The fourth-order valence-electron chi connectivity index (χ4n) is 1.43. The van der Waals surface area contributed by atoms with Gasteiger partial charge in [-0.15, -0.1) is 0 Å². The van der Waals surface area contributed by atoms with Crippen LogP contribution in [0.4, 0.5) is 4.39 Å². The Balaban J connectivity index is 2.62. The first kappa shape index (κ1) is 13.4. The van der Waals surface area contributed by atoms with E-state index in [0.717, 1.165) is 5.56 Å². The van der Waals surface area contributed by atoms with Crippen LogP contribution in [0, 0.1) is 11.7 Å². The van der Waals surface area contributed by atoms with Crippen LogP contribution in [-0.2, 0) is 11.2 Å². The summed E-state index contributed by atoms with van der Waals surface area (Å²) in [5, 5.41) is 2.82. The monoisotopic (exact) mass is 235 g/mol. The Morgan fingerprint density at radius 3 is 2.82 bits per heavy atom. The first-order valence-corrected chi connectivity index (χ1v) is 5.70. The Morgan fingerprint density at radius 2 is 2.24 bits per heavy atom. The van der Waals surface area contributed by atoms with Crippen molar-refractivity contribution >= 4 is 12.0 Å². The maximum Gasteiger partial charge on any atom is 0.224 e. The molecule has 0 atom stereocenters. The molecule has 1 amide bonds. The van der Waals surface area contributed by atoms with E-state index in [0.29, 0.717) is 18.0 Å². The van der Waals surface area contributed by atoms with Crippen molar-refractivity contribution in [2.24, 2.45) is 5.92 Å². The van der Waals surface area contributed by atoms with E-state index in [2.05, 4.69) is 11.9 Å². The highest BCUT2D eigenvalue weighted by atomic mass is 19.1. The van der Waals surface area contributed by atoms with Crippen LogP contribution < -0.4 is 5.32 Å². The predicted octanol–water partition coefficient (Wildman–Crippen LogP) is 2.78. The lowest BCUT2D eigenvalue weighted by Gasteiger charge is -2.08. The van der Waals surface area contributed by atoms with Gasteiger partial charge in [0.15, 0.2) is 0 Å². The Hall–Kier alpha value is -1.64. The number of carbonyl (C=O) groups excluding carboxylic acids is 1. The van der Waals surface area contributed by atoms with Crippen LogP contribution in [0.15, 0.2) is 24.8 Å². The van der Waals surface area contributed by atoms with E-state index in [9.17, 15) is 9.18 Å². The number of halogens is 1. The number of hydrogen-bond acceptors (Lipinski definition) is 1. The second-order valence-electron chi connectivity index (χ2n) is 4.43. The van der Waals surface area contributed by atoms with Crippen molar-refractivity contribution in [1.29, 1.82) is 0 Å². The zero-order valence-corrected chi connectivity index (χ0v) is 10.3. The van der Waals surface area contributed by atoms with Crippen molar-refractivity contribution in [3.8, 4) is 0 Å². The molecule has 0 spiro atoms. The summed E-state index contributed by atoms with van der Waals surface area (Å²) in [7, 11) is 0. The summed E-state index contributed by atoms with van der Waals surface area (Å²) in [6, 6.07) is 4.64. The maximum absolute atomic E-state index is 13.2. The van der Waals surface area contributed by atoms with Gasteiger partial charge in [0.1, 0.15) is 5.82 Å². The molecule has 1 rings (SSSR count). The standard InChI is InChI=1S/C14H18FNO/c1-4-12-7-11(5-6-13(12)15)8-14(17)16-9-10(2)3/h4-7,10H,1,8-9H2,2-3H3,(H,16,17). The average Bonchev–Trinajstić information content (AvgIpc) is 2.29. The van der Waals surface area contributed by atoms with Crippen molar-refractivity contribution in [3.05, 3.63) is 41.7 Å². The molecule has 0 heterocycles. The summed E-state index contributed by atoms with van der Waals surface area (Å²) in [4.78, 5) is 11.6. The van der Waals surface area contributed by atoms with Gasteiger partial charge in [-0.05, 0) is 23.6 Å². The summed E-state index contributed by atoms with van der Waals surface area (Å²) < 4.78 is 13.2. The molecule has 0 saturated heterocycles. The van der Waals surface area contributed by atoms with Crippen LogP contribution in [0.3, 0.4) is 0 Å². The maximum atomic E-state index is 13.2. The lowest BCUT2D eigenvalue weighted by Crippen LogP contribution is -2.28. The lowest BCUT2D eigenvalue weighted by molar-refractivity contribution is -0.120. The van der Waals surface area contributed by atoms with E-state index < -0.39 is 0 Å². The molecule has 0 aliphatic carbocycles. The first-order valence-electron chi connectivity index (χ1n) is 5.70. The topological polar surface area (TPSA) is 29.1 Å². The molecule has 3 heteroatoms. The first-order chi connectivity index (χ1) is 8.02. The molecule has 2 nitrogen and oxygen atoms in total. The molecule has 0 aromatic heterocycles. The Bertz CT molecular complexity index is 413. The van der Waals surface area contributed by atoms with E-state index in [-0.39, 0.29) is 18.1 Å². The van der Waals surface area contributed by atoms with Crippen LogP contribution >= 0.6 is 0 Å². The molecular formula is C14H18FNO. The van der Waals surface area contributed by atoms with Crippen LogP contribution in [0.1, 0.15) is 25.0 Å². The summed E-state index contributed by atoms with van der Waals surface area (Å²) in [5.41, 5.74) is 1.22. The minimum atomic E-state index is -0.314. The van der Waals surface area contributed by atoms with Crippen molar-refractivity contribution in [2.45, 2.75) is 20.3 Å². The van der Waals surface area contributed by atoms with Crippen molar-refractivity contribution in [1.82, 2.24) is 5.32 Å². The molecule has 0 radical (unpaired) electrons. The van der Waals surface area contributed by atoms with Gasteiger partial charge in [0.2, 0.25) is 5.91 Å². The molecule has 17 heavy (non-hydrogen) atoms. The largest absolute Gasteiger partial charge is 0.356 e. The normalized spacial score (nSPS) is 10.4. The van der Waals surface area contributed by atoms with Gasteiger partial charge in [-0.25, -0.2) is 4.39 Å². The van der Waals surface area contributed by atoms with Crippen LogP contribution in [0.5, 0.6) is 0 Å². The fourth-order valence-corrected chi connectivity index (χ4v) is 1.43. The summed E-state index contributed by atoms with van der Waals surface area (Å²) in [6.07, 6.45) is 1.72. The fraction of sp³-hybridized carbons (Fsp3) is 0.357. The van der Waals surface area contributed by atoms with E-state index >= 15 is 0 Å². The van der Waals surface area contributed by atoms with Crippen LogP contribution in [0.25, 0.3) is 6.08 Å². The van der Waals surface area contributed by atoms with E-state index in [1.54, 1.807) is 12.1 Å². The van der Waals surface area contributed by atoms with Crippen molar-refractivity contribution in [2.75, 3.05) is 6.54 Å². The SMILES string of the molecule is C=Cc1cc(CC(=O)NCC(C)C)ccc1F. The second-order valence-corrected chi connectivity index (χ2v) is 4.43. The summed E-state index contributed by atoms with van der Waals surface area (Å²) >= 11 is 0. The number of amides is 1. The minimum Gasteiger partial charge on any atom is -0.356 e. The quantitative estimate of drug-likeness (QED) is 0.835. The van der Waals surface area contributed by atoms with Gasteiger partial charge in [0.25, 0.3) is 0 Å². The van der Waals surface area contributed by atoms with Crippen molar-refractivity contribution < 1.29 is 9.18 Å². The highest BCUT2D eigenvalue weighted by Crippen LogP contribution is 2.12. The molecule has 0 aliphatic heterocycles. The average molecular weight is 235 g/mol. The smallest absolute Gasteiger partial charge is 0.224 e. The highest BCUT2D eigenvalue weighted by Gasteiger charge is 2.06. The number of hydrogen-bond donors (Lipinski definition) is 1. The summed E-state index contributed by atoms with van der Waals surface area (Å²) in [5.74, 6) is 0.0718. The van der Waals surface area contributed by atoms with E-state index in [1.807, 2.05) is 13.8 Å². The molecule has 1 N–H and O–H groups in total. The van der Waals surface area contributed by atoms with Gasteiger partial charge in [0, 0.05) is 12.1 Å². The number of benzene rings is 1. The Labute approximate surface area is 102 Å². The molecule has 0 bridgehead atoms. The molecule has 1 aromatic rings. The van der Waals surface area contributed by atoms with Gasteiger partial charge in [-0.2, -0.15) is 0 Å². The van der Waals surface area contributed by atoms with Gasteiger partial charge < -0.3 is 5.32 Å². The van der Waals surface area contributed by atoms with Crippen LogP contribution in [0.2, 0.25) is 0 Å². The number of nitrogens with one attached hydrogen (secondary N) is 1. The van der Waals surface area contributed by atoms with Gasteiger partial charge in [0.05, 0.1) is 6.42 Å².